The Morgan fingerprint density at radius 3 is 2.24 bits per heavy atom. The van der Waals surface area contributed by atoms with Gasteiger partial charge < -0.3 is 20.7 Å². The van der Waals surface area contributed by atoms with E-state index in [1.54, 1.807) is 36.5 Å². The Balaban J connectivity index is 0.803. The van der Waals surface area contributed by atoms with Gasteiger partial charge in [-0.2, -0.15) is 0 Å². The minimum Gasteiger partial charge on any atom is -0.457 e. The number of nitrogens with zero attached hydrogens (tertiary/aromatic N) is 8. The number of amides is 3. The normalized spacial score (nSPS) is 21.9. The average Bonchev–Trinajstić information content (AvgIpc) is 3.51. The Kier molecular flexibility index (Phi) is 10.0. The number of fused-ring (bicyclic) bond motifs is 1. The van der Waals surface area contributed by atoms with Crippen LogP contribution in [0.25, 0.3) is 16.9 Å². The highest BCUT2D eigenvalue weighted by Crippen LogP contribution is 2.40. The molecule has 3 aromatic heterocycles. The van der Waals surface area contributed by atoms with Crippen molar-refractivity contribution in [1.29, 1.82) is 0 Å². The molecule has 16 nitrogen and oxygen atoms in total. The molecule has 3 amide bonds. The molecule has 4 saturated heterocycles. The third-order valence-corrected chi connectivity index (χ3v) is 11.9. The summed E-state index contributed by atoms with van der Waals surface area (Å²) in [4.78, 5) is 69.4. The van der Waals surface area contributed by atoms with Gasteiger partial charge in [0.15, 0.2) is 11.5 Å². The van der Waals surface area contributed by atoms with Crippen LogP contribution in [0.1, 0.15) is 48.6 Å². The number of aromatic nitrogens is 5. The molecule has 0 bridgehead atoms. The summed E-state index contributed by atoms with van der Waals surface area (Å²) in [7, 11) is 0. The van der Waals surface area contributed by atoms with Crippen LogP contribution in [0.15, 0.2) is 84.0 Å². The first-order chi connectivity index (χ1) is 28.5. The lowest BCUT2D eigenvalue weighted by molar-refractivity contribution is -0.134. The lowest BCUT2D eigenvalue weighted by atomic mass is 9.94. The summed E-state index contributed by atoms with van der Waals surface area (Å²) in [6, 6.07) is 17.6. The van der Waals surface area contributed by atoms with Crippen molar-refractivity contribution in [2.45, 2.75) is 62.2 Å². The van der Waals surface area contributed by atoms with Gasteiger partial charge in [0.25, 0.3) is 11.8 Å². The second-order valence-electron chi connectivity index (χ2n) is 15.6. The zero-order valence-electron chi connectivity index (χ0n) is 32.0. The van der Waals surface area contributed by atoms with Crippen molar-refractivity contribution in [1.82, 2.24) is 44.5 Å². The van der Waals surface area contributed by atoms with Gasteiger partial charge in [0.1, 0.15) is 41.1 Å². The largest absolute Gasteiger partial charge is 0.457 e. The van der Waals surface area contributed by atoms with Gasteiger partial charge in [0.05, 0.1) is 24.1 Å². The first-order valence-electron chi connectivity index (χ1n) is 19.8. The molecule has 0 saturated carbocycles. The van der Waals surface area contributed by atoms with Crippen LogP contribution in [0, 0.1) is 0 Å². The van der Waals surface area contributed by atoms with Crippen LogP contribution in [-0.4, -0.2) is 115 Å². The van der Waals surface area contributed by atoms with Crippen molar-refractivity contribution in [2.75, 3.05) is 49.9 Å². The van der Waals surface area contributed by atoms with Gasteiger partial charge in [-0.05, 0) is 74.2 Å². The van der Waals surface area contributed by atoms with Crippen LogP contribution < -0.4 is 31.7 Å². The number of ether oxygens (including phenoxy) is 1. The standard InChI is InChI=1S/C41H43F2N11O5/c42-41(43)23-51(25-14-17-50(18-15-25)28-21-52(22-28)27-8-11-31(45-20-27)38(56)48-32-12-13-34(55)49-39(32)57)19-16-33(41)54-37-35(36(44)46-24-47-37)53(40(54)58)26-6-9-30(10-7-26)59-29-4-2-1-3-5-29/h1-11,20,24-25,28,32-33H,12-19,21-23H2,(H,48,56)(H2,44,46,47)(H,49,55,57)/t32?,33-/m1/s1. The molecule has 0 aliphatic carbocycles. The highest BCUT2D eigenvalue weighted by Gasteiger charge is 2.49. The summed E-state index contributed by atoms with van der Waals surface area (Å²) < 4.78 is 41.0. The van der Waals surface area contributed by atoms with E-state index in [-0.39, 0.29) is 53.9 Å². The van der Waals surface area contributed by atoms with Crippen molar-refractivity contribution in [2.24, 2.45) is 0 Å². The fourth-order valence-corrected chi connectivity index (χ4v) is 8.74. The summed E-state index contributed by atoms with van der Waals surface area (Å²) in [6.45, 7) is 3.05. The van der Waals surface area contributed by atoms with Crippen LogP contribution in [0.4, 0.5) is 20.3 Å². The van der Waals surface area contributed by atoms with Gasteiger partial charge in [-0.15, -0.1) is 0 Å². The quantitative estimate of drug-likeness (QED) is 0.185. The molecule has 4 aliphatic rings. The molecular formula is C41H43F2N11O5. The maximum atomic E-state index is 16.3. The summed E-state index contributed by atoms with van der Waals surface area (Å²) in [5, 5.41) is 4.87. The highest BCUT2D eigenvalue weighted by atomic mass is 19.3. The Morgan fingerprint density at radius 1 is 0.831 bits per heavy atom. The molecule has 0 spiro atoms. The molecule has 5 aromatic rings. The second-order valence-corrected chi connectivity index (χ2v) is 15.6. The molecule has 2 atom stereocenters. The topological polar surface area (TPSA) is 186 Å². The Morgan fingerprint density at radius 2 is 1.54 bits per heavy atom. The Bertz CT molecular complexity index is 2430. The van der Waals surface area contributed by atoms with Crippen molar-refractivity contribution in [3.05, 3.63) is 95.4 Å². The number of rotatable bonds is 9. The number of alkyl halides is 2. The number of carbonyl (C=O) groups is 3. The van der Waals surface area contributed by atoms with Crippen LogP contribution >= 0.6 is 0 Å². The molecule has 4 fully saturated rings. The molecule has 0 radical (unpaired) electrons. The average molecular weight is 808 g/mol. The first-order valence-corrected chi connectivity index (χ1v) is 19.8. The number of anilines is 2. The number of hydrogen-bond acceptors (Lipinski definition) is 12. The number of imidazole rings is 1. The van der Waals surface area contributed by atoms with E-state index in [1.807, 2.05) is 41.3 Å². The first kappa shape index (κ1) is 38.3. The SMILES string of the molecule is Nc1ncnc2c1n(-c1ccc(Oc3ccccc3)cc1)c(=O)n2[C@@H]1CCN(C2CCN(C3CN(c4ccc(C(=O)NC5CCC(=O)NC5=O)nc4)C3)CC2)CC1(F)F. The number of likely N-dealkylation sites (tertiary alicyclic amines) is 2. The zero-order chi connectivity index (χ0) is 40.8. The number of halogens is 2. The van der Waals surface area contributed by atoms with E-state index in [0.29, 0.717) is 29.8 Å². The van der Waals surface area contributed by atoms with E-state index in [1.165, 1.54) is 10.9 Å². The van der Waals surface area contributed by atoms with E-state index < -0.39 is 42.1 Å². The van der Waals surface area contributed by atoms with Gasteiger partial charge >= 0.3 is 5.69 Å². The number of imide groups is 1. The van der Waals surface area contributed by atoms with E-state index in [2.05, 4.69) is 35.4 Å². The second kappa shape index (κ2) is 15.5. The molecule has 4 aliphatic heterocycles. The third kappa shape index (κ3) is 7.49. The number of para-hydroxylation sites is 1. The summed E-state index contributed by atoms with van der Waals surface area (Å²) >= 11 is 0. The van der Waals surface area contributed by atoms with E-state index >= 15 is 8.78 Å². The lowest BCUT2D eigenvalue weighted by Crippen LogP contribution is -2.62. The number of hydrogen-bond donors (Lipinski definition) is 3. The molecule has 2 aromatic carbocycles. The Labute approximate surface area is 337 Å². The molecule has 59 heavy (non-hydrogen) atoms. The van der Waals surface area contributed by atoms with Crippen LogP contribution in [0.5, 0.6) is 11.5 Å². The molecule has 1 unspecified atom stereocenters. The molecule has 18 heteroatoms. The van der Waals surface area contributed by atoms with Gasteiger partial charge in [-0.1, -0.05) is 18.2 Å². The van der Waals surface area contributed by atoms with Gasteiger partial charge in [-0.25, -0.2) is 28.5 Å². The number of benzene rings is 2. The summed E-state index contributed by atoms with van der Waals surface area (Å²) in [5.41, 5.74) is 7.33. The predicted molar refractivity (Wildman–Crippen MR) is 213 cm³/mol. The minimum absolute atomic E-state index is 0.00929. The fourth-order valence-electron chi connectivity index (χ4n) is 8.74. The van der Waals surface area contributed by atoms with Crippen molar-refractivity contribution < 1.29 is 27.9 Å². The number of pyridine rings is 1. The maximum absolute atomic E-state index is 16.3. The molecule has 4 N–H and O–H groups in total. The monoisotopic (exact) mass is 807 g/mol. The molecule has 306 valence electrons. The predicted octanol–water partition coefficient (Wildman–Crippen LogP) is 3.12. The smallest absolute Gasteiger partial charge is 0.335 e. The van der Waals surface area contributed by atoms with Crippen molar-refractivity contribution in [3.63, 3.8) is 0 Å². The number of piperidine rings is 3. The van der Waals surface area contributed by atoms with E-state index in [0.717, 1.165) is 49.3 Å². The van der Waals surface area contributed by atoms with Gasteiger partial charge in [0, 0.05) is 51.2 Å². The van der Waals surface area contributed by atoms with Gasteiger partial charge in [-0.3, -0.25) is 38.6 Å². The number of nitrogens with one attached hydrogen (secondary N) is 2. The van der Waals surface area contributed by atoms with Gasteiger partial charge in [0.2, 0.25) is 11.8 Å². The number of nitrogens with two attached hydrogens (primary N) is 1. The summed E-state index contributed by atoms with van der Waals surface area (Å²) in [6.07, 6.45) is 4.81. The molecule has 7 heterocycles. The van der Waals surface area contributed by atoms with E-state index in [4.69, 9.17) is 10.5 Å². The zero-order valence-corrected chi connectivity index (χ0v) is 32.0. The lowest BCUT2D eigenvalue weighted by Gasteiger charge is -2.50. The Hall–Kier alpha value is -6.27. The van der Waals surface area contributed by atoms with Crippen LogP contribution in [0.2, 0.25) is 0 Å². The van der Waals surface area contributed by atoms with Crippen LogP contribution in [-0.2, 0) is 9.59 Å². The number of carbonyl (C=O) groups excluding carboxylic acids is 3. The number of nitrogen functional groups attached to an aromatic ring is 1. The van der Waals surface area contributed by atoms with Crippen LogP contribution in [0.3, 0.4) is 0 Å². The maximum Gasteiger partial charge on any atom is 0.335 e. The van der Waals surface area contributed by atoms with Crippen molar-refractivity contribution >= 4 is 40.4 Å². The fraction of sp³-hybridized carbons (Fsp3) is 0.390. The third-order valence-electron chi connectivity index (χ3n) is 11.9. The highest BCUT2D eigenvalue weighted by molar-refractivity contribution is 6.03. The van der Waals surface area contributed by atoms with Crippen molar-refractivity contribution in [3.8, 4) is 17.2 Å². The summed E-state index contributed by atoms with van der Waals surface area (Å²) in [5.74, 6) is -3.37. The minimum atomic E-state index is -3.23. The van der Waals surface area contributed by atoms with E-state index in [9.17, 15) is 19.2 Å². The molecular weight excluding hydrogens is 765 g/mol. The molecule has 9 rings (SSSR count).